The predicted octanol–water partition coefficient (Wildman–Crippen LogP) is 1.62. The molecular weight excluding hydrogens is 230 g/mol. The van der Waals surface area contributed by atoms with Crippen LogP contribution in [0.25, 0.3) is 11.3 Å². The maximum absolute atomic E-state index is 5.95. The average molecular weight is 245 g/mol. The summed E-state index contributed by atoms with van der Waals surface area (Å²) < 4.78 is 10.9. The Morgan fingerprint density at radius 3 is 2.83 bits per heavy atom. The average Bonchev–Trinajstić information content (AvgIpc) is 2.74. The van der Waals surface area contributed by atoms with E-state index < -0.39 is 0 Å². The normalized spacial score (nSPS) is 16.5. The third kappa shape index (κ3) is 2.04. The molecule has 18 heavy (non-hydrogen) atoms. The van der Waals surface area contributed by atoms with Crippen molar-refractivity contribution in [1.29, 1.82) is 0 Å². The number of likely N-dealkylation sites (N-methyl/N-ethyl adjacent to an activating group) is 1. The van der Waals surface area contributed by atoms with Gasteiger partial charge in [-0.1, -0.05) is 17.3 Å². The molecule has 0 atom stereocenters. The number of likely N-dealkylation sites (tertiary alicyclic amines) is 1. The highest BCUT2D eigenvalue weighted by Gasteiger charge is 2.25. The van der Waals surface area contributed by atoms with Crippen molar-refractivity contribution in [2.24, 2.45) is 0 Å². The summed E-state index contributed by atoms with van der Waals surface area (Å²) in [5.74, 6) is 1.13. The minimum absolute atomic E-state index is 0.250. The van der Waals surface area contributed by atoms with Gasteiger partial charge in [-0.15, -0.1) is 0 Å². The fourth-order valence-corrected chi connectivity index (χ4v) is 2.09. The lowest BCUT2D eigenvalue weighted by Crippen LogP contribution is -2.51. The van der Waals surface area contributed by atoms with Gasteiger partial charge in [0.15, 0.2) is 0 Å². The van der Waals surface area contributed by atoms with Crippen LogP contribution in [0.4, 0.5) is 5.88 Å². The van der Waals surface area contributed by atoms with Crippen LogP contribution in [-0.2, 0) is 0 Å². The monoisotopic (exact) mass is 245 g/mol. The van der Waals surface area contributed by atoms with Gasteiger partial charge in [-0.2, -0.15) is 0 Å². The van der Waals surface area contributed by atoms with Crippen LogP contribution in [0.1, 0.15) is 0 Å². The van der Waals surface area contributed by atoms with Crippen LogP contribution in [0, 0.1) is 0 Å². The first-order valence-electron chi connectivity index (χ1n) is 5.89. The van der Waals surface area contributed by atoms with Gasteiger partial charge < -0.3 is 15.0 Å². The number of nitrogens with two attached hydrogens (primary N) is 1. The van der Waals surface area contributed by atoms with E-state index in [0.717, 1.165) is 24.4 Å². The molecule has 3 rings (SSSR count). The molecule has 1 fully saturated rings. The molecule has 1 aliphatic rings. The number of rotatable bonds is 3. The number of aromatic nitrogens is 1. The van der Waals surface area contributed by atoms with Crippen molar-refractivity contribution in [1.82, 2.24) is 10.1 Å². The quantitative estimate of drug-likeness (QED) is 0.890. The van der Waals surface area contributed by atoms with Crippen LogP contribution in [-0.4, -0.2) is 36.3 Å². The molecule has 1 saturated heterocycles. The first-order chi connectivity index (χ1) is 8.72. The number of anilines is 1. The zero-order chi connectivity index (χ0) is 12.5. The number of benzene rings is 1. The number of hydrogen-bond donors (Lipinski definition) is 1. The summed E-state index contributed by atoms with van der Waals surface area (Å²) in [6, 6.07) is 9.49. The maximum Gasteiger partial charge on any atom is 0.222 e. The van der Waals surface area contributed by atoms with Gasteiger partial charge in [0.2, 0.25) is 5.88 Å². The molecule has 5 nitrogen and oxygen atoms in total. The zero-order valence-electron chi connectivity index (χ0n) is 10.2. The number of ether oxygens (including phenoxy) is 1. The second-order valence-corrected chi connectivity index (χ2v) is 4.57. The van der Waals surface area contributed by atoms with E-state index in [2.05, 4.69) is 17.1 Å². The summed E-state index contributed by atoms with van der Waals surface area (Å²) in [6.45, 7) is 1.91. The van der Waals surface area contributed by atoms with E-state index in [0.29, 0.717) is 11.6 Å². The molecule has 1 aromatic heterocycles. The van der Waals surface area contributed by atoms with Gasteiger partial charge in [0.25, 0.3) is 0 Å². The molecule has 0 bridgehead atoms. The van der Waals surface area contributed by atoms with Crippen LogP contribution >= 0.6 is 0 Å². The molecule has 0 spiro atoms. The first kappa shape index (κ1) is 11.1. The lowest BCUT2D eigenvalue weighted by Gasteiger charge is -2.36. The summed E-state index contributed by atoms with van der Waals surface area (Å²) in [5, 5.41) is 3.92. The van der Waals surface area contributed by atoms with E-state index in [-0.39, 0.29) is 6.10 Å². The van der Waals surface area contributed by atoms with Crippen molar-refractivity contribution < 1.29 is 9.26 Å². The van der Waals surface area contributed by atoms with Crippen LogP contribution < -0.4 is 10.5 Å². The molecular formula is C13H15N3O2. The van der Waals surface area contributed by atoms with Gasteiger partial charge in [0.1, 0.15) is 17.5 Å². The Balaban J connectivity index is 1.85. The Bertz CT molecular complexity index is 547. The minimum Gasteiger partial charge on any atom is -0.487 e. The molecule has 1 aromatic carbocycles. The van der Waals surface area contributed by atoms with Crippen LogP contribution in [0.15, 0.2) is 34.9 Å². The molecule has 2 heterocycles. The molecule has 0 unspecified atom stereocenters. The van der Waals surface area contributed by atoms with E-state index in [4.69, 9.17) is 15.0 Å². The summed E-state index contributed by atoms with van der Waals surface area (Å²) >= 11 is 0. The van der Waals surface area contributed by atoms with E-state index in [1.807, 2.05) is 24.3 Å². The van der Waals surface area contributed by atoms with Crippen molar-refractivity contribution in [3.8, 4) is 17.0 Å². The van der Waals surface area contributed by atoms with Crippen molar-refractivity contribution in [2.75, 3.05) is 25.9 Å². The van der Waals surface area contributed by atoms with Crippen molar-refractivity contribution >= 4 is 5.88 Å². The second-order valence-electron chi connectivity index (χ2n) is 4.57. The fraction of sp³-hybridized carbons (Fsp3) is 0.308. The van der Waals surface area contributed by atoms with Crippen LogP contribution in [0.2, 0.25) is 0 Å². The predicted molar refractivity (Wildman–Crippen MR) is 68.3 cm³/mol. The third-order valence-electron chi connectivity index (χ3n) is 3.02. The van der Waals surface area contributed by atoms with Crippen molar-refractivity contribution in [3.63, 3.8) is 0 Å². The van der Waals surface area contributed by atoms with Crippen molar-refractivity contribution in [2.45, 2.75) is 6.10 Å². The van der Waals surface area contributed by atoms with Gasteiger partial charge in [-0.05, 0) is 19.2 Å². The van der Waals surface area contributed by atoms with Gasteiger partial charge in [0, 0.05) is 24.7 Å². The van der Waals surface area contributed by atoms with E-state index in [1.54, 1.807) is 6.07 Å². The molecule has 5 heteroatoms. The summed E-state index contributed by atoms with van der Waals surface area (Å²) in [5.41, 5.74) is 7.16. The molecule has 0 amide bonds. The highest BCUT2D eigenvalue weighted by atomic mass is 16.5. The third-order valence-corrected chi connectivity index (χ3v) is 3.02. The lowest BCUT2D eigenvalue weighted by molar-refractivity contribution is 0.0392. The van der Waals surface area contributed by atoms with Crippen LogP contribution in [0.3, 0.4) is 0 Å². The molecule has 1 aliphatic heterocycles. The van der Waals surface area contributed by atoms with E-state index in [9.17, 15) is 0 Å². The van der Waals surface area contributed by atoms with Gasteiger partial charge in [-0.3, -0.25) is 4.90 Å². The summed E-state index contributed by atoms with van der Waals surface area (Å²) in [7, 11) is 2.07. The largest absolute Gasteiger partial charge is 0.487 e. The first-order valence-corrected chi connectivity index (χ1v) is 5.89. The minimum atomic E-state index is 0.250. The summed E-state index contributed by atoms with van der Waals surface area (Å²) in [4.78, 5) is 2.21. The van der Waals surface area contributed by atoms with Gasteiger partial charge in [0.05, 0.1) is 0 Å². The summed E-state index contributed by atoms with van der Waals surface area (Å²) in [6.07, 6.45) is 0.250. The molecule has 0 radical (unpaired) electrons. The second kappa shape index (κ2) is 4.34. The van der Waals surface area contributed by atoms with Gasteiger partial charge in [-0.25, -0.2) is 0 Å². The van der Waals surface area contributed by atoms with Crippen molar-refractivity contribution in [3.05, 3.63) is 30.3 Å². The standard InChI is InChI=1S/C13H15N3O2/c1-16-7-9(8-16)17-12-5-3-2-4-10(12)11-6-13(14)18-15-11/h2-6,9H,7-8,14H2,1H3. The number of hydrogen-bond acceptors (Lipinski definition) is 5. The lowest BCUT2D eigenvalue weighted by atomic mass is 10.1. The smallest absolute Gasteiger partial charge is 0.222 e. The fourth-order valence-electron chi connectivity index (χ4n) is 2.09. The Morgan fingerprint density at radius 2 is 2.17 bits per heavy atom. The molecule has 2 N–H and O–H groups in total. The Labute approximate surface area is 105 Å². The Hall–Kier alpha value is -2.01. The Kier molecular flexibility index (Phi) is 2.68. The SMILES string of the molecule is CN1CC(Oc2ccccc2-c2cc(N)on2)C1. The highest BCUT2D eigenvalue weighted by Crippen LogP contribution is 2.31. The molecule has 0 aliphatic carbocycles. The van der Waals surface area contributed by atoms with E-state index >= 15 is 0 Å². The zero-order valence-corrected chi connectivity index (χ0v) is 10.2. The van der Waals surface area contributed by atoms with Gasteiger partial charge >= 0.3 is 0 Å². The Morgan fingerprint density at radius 1 is 1.39 bits per heavy atom. The van der Waals surface area contributed by atoms with E-state index in [1.165, 1.54) is 0 Å². The number of nitrogen functional groups attached to an aromatic ring is 1. The maximum atomic E-state index is 5.95. The highest BCUT2D eigenvalue weighted by molar-refractivity contribution is 5.68. The topological polar surface area (TPSA) is 64.5 Å². The number of nitrogens with zero attached hydrogens (tertiary/aromatic N) is 2. The number of para-hydroxylation sites is 1. The van der Waals surface area contributed by atoms with Crippen LogP contribution in [0.5, 0.6) is 5.75 Å². The molecule has 0 saturated carbocycles. The molecule has 2 aromatic rings. The molecule has 94 valence electrons.